The molecule has 0 fully saturated rings. The van der Waals surface area contributed by atoms with Crippen molar-refractivity contribution in [2.45, 2.75) is 13.0 Å². The van der Waals surface area contributed by atoms with Crippen LogP contribution >= 0.6 is 38.9 Å². The highest BCUT2D eigenvalue weighted by atomic mass is 79.9. The van der Waals surface area contributed by atoms with E-state index in [-0.39, 0.29) is 12.6 Å². The second-order valence-corrected chi connectivity index (χ2v) is 6.54. The molecule has 1 atom stereocenters. The quantitative estimate of drug-likeness (QED) is 0.847. The standard InChI is InChI=1S/C13H13BrClNOS/c1-8-2-5-13(18-8)12(7-17)16-9-3-4-11(15)10(14)6-9/h2-6,12,16-17H,7H2,1H3. The maximum absolute atomic E-state index is 9.48. The minimum absolute atomic E-state index is 0.0558. The van der Waals surface area contributed by atoms with Gasteiger partial charge in [0.15, 0.2) is 0 Å². The van der Waals surface area contributed by atoms with E-state index in [1.54, 1.807) is 11.3 Å². The smallest absolute Gasteiger partial charge is 0.0837 e. The molecule has 2 nitrogen and oxygen atoms in total. The Kier molecular flexibility index (Phi) is 4.67. The van der Waals surface area contributed by atoms with Gasteiger partial charge >= 0.3 is 0 Å². The fourth-order valence-corrected chi connectivity index (χ4v) is 3.05. The van der Waals surface area contributed by atoms with Crippen LogP contribution in [0.3, 0.4) is 0 Å². The largest absolute Gasteiger partial charge is 0.394 e. The Morgan fingerprint density at radius 1 is 1.39 bits per heavy atom. The third-order valence-corrected chi connectivity index (χ3v) is 4.88. The predicted octanol–water partition coefficient (Wildman–Crippen LogP) is 4.62. The lowest BCUT2D eigenvalue weighted by Gasteiger charge is -2.16. The predicted molar refractivity (Wildman–Crippen MR) is 81.7 cm³/mol. The normalized spacial score (nSPS) is 12.4. The van der Waals surface area contributed by atoms with E-state index in [1.165, 1.54) is 4.88 Å². The lowest BCUT2D eigenvalue weighted by atomic mass is 10.2. The molecule has 0 bridgehead atoms. The molecule has 0 aliphatic rings. The molecule has 0 aliphatic heterocycles. The number of aliphatic hydroxyl groups is 1. The average molecular weight is 347 g/mol. The van der Waals surface area contributed by atoms with Gasteiger partial charge in [0.25, 0.3) is 0 Å². The van der Waals surface area contributed by atoms with Crippen molar-refractivity contribution in [1.82, 2.24) is 0 Å². The van der Waals surface area contributed by atoms with Gasteiger partial charge < -0.3 is 10.4 Å². The van der Waals surface area contributed by atoms with Gasteiger partial charge in [-0.05, 0) is 53.2 Å². The Bertz CT molecular complexity index is 544. The van der Waals surface area contributed by atoms with Crippen molar-refractivity contribution < 1.29 is 5.11 Å². The summed E-state index contributed by atoms with van der Waals surface area (Å²) in [6.45, 7) is 2.11. The van der Waals surface area contributed by atoms with Crippen molar-refractivity contribution >= 4 is 44.6 Å². The Hall–Kier alpha value is -0.550. The maximum atomic E-state index is 9.48. The molecule has 18 heavy (non-hydrogen) atoms. The second-order valence-electron chi connectivity index (χ2n) is 3.96. The summed E-state index contributed by atoms with van der Waals surface area (Å²) in [5.41, 5.74) is 0.927. The Labute approximate surface area is 124 Å². The van der Waals surface area contributed by atoms with Crippen LogP contribution in [0.25, 0.3) is 0 Å². The first-order valence-electron chi connectivity index (χ1n) is 5.49. The number of hydrogen-bond donors (Lipinski definition) is 2. The van der Waals surface area contributed by atoms with E-state index in [1.807, 2.05) is 24.3 Å². The molecule has 2 rings (SSSR count). The van der Waals surface area contributed by atoms with Crippen molar-refractivity contribution in [3.8, 4) is 0 Å². The van der Waals surface area contributed by atoms with Crippen LogP contribution < -0.4 is 5.32 Å². The molecule has 0 aliphatic carbocycles. The van der Waals surface area contributed by atoms with E-state index in [2.05, 4.69) is 34.2 Å². The summed E-state index contributed by atoms with van der Waals surface area (Å²) in [5.74, 6) is 0. The van der Waals surface area contributed by atoms with Crippen LogP contribution in [0.4, 0.5) is 5.69 Å². The number of thiophene rings is 1. The number of rotatable bonds is 4. The molecule has 1 aromatic carbocycles. The van der Waals surface area contributed by atoms with E-state index < -0.39 is 0 Å². The first-order chi connectivity index (χ1) is 8.60. The maximum Gasteiger partial charge on any atom is 0.0837 e. The van der Waals surface area contributed by atoms with Crippen molar-refractivity contribution in [3.05, 3.63) is 49.6 Å². The first-order valence-corrected chi connectivity index (χ1v) is 7.47. The Balaban J connectivity index is 2.17. The lowest BCUT2D eigenvalue weighted by molar-refractivity contribution is 0.278. The number of halogens is 2. The highest BCUT2D eigenvalue weighted by Crippen LogP contribution is 2.29. The van der Waals surface area contributed by atoms with Gasteiger partial charge in [0, 0.05) is 19.9 Å². The Morgan fingerprint density at radius 3 is 2.72 bits per heavy atom. The highest BCUT2D eigenvalue weighted by Gasteiger charge is 2.12. The van der Waals surface area contributed by atoms with Gasteiger partial charge in [0.05, 0.1) is 17.7 Å². The minimum atomic E-state index is -0.0863. The summed E-state index contributed by atoms with van der Waals surface area (Å²) in [6.07, 6.45) is 0. The van der Waals surface area contributed by atoms with E-state index in [0.717, 1.165) is 15.0 Å². The van der Waals surface area contributed by atoms with Crippen LogP contribution in [0.1, 0.15) is 15.8 Å². The van der Waals surface area contributed by atoms with Crippen LogP contribution in [0, 0.1) is 6.92 Å². The number of benzene rings is 1. The van der Waals surface area contributed by atoms with E-state index in [9.17, 15) is 5.11 Å². The van der Waals surface area contributed by atoms with Gasteiger partial charge in [0.2, 0.25) is 0 Å². The molecule has 5 heteroatoms. The number of hydrogen-bond acceptors (Lipinski definition) is 3. The fraction of sp³-hybridized carbons (Fsp3) is 0.231. The molecule has 0 radical (unpaired) electrons. The Morgan fingerprint density at radius 2 is 2.17 bits per heavy atom. The van der Waals surface area contributed by atoms with Gasteiger partial charge in [0.1, 0.15) is 0 Å². The SMILES string of the molecule is Cc1ccc(C(CO)Nc2ccc(Cl)c(Br)c2)s1. The van der Waals surface area contributed by atoms with Gasteiger partial charge in [-0.1, -0.05) is 11.6 Å². The summed E-state index contributed by atoms with van der Waals surface area (Å²) in [5, 5.41) is 13.5. The lowest BCUT2D eigenvalue weighted by Crippen LogP contribution is -2.13. The molecule has 0 saturated heterocycles. The van der Waals surface area contributed by atoms with Crippen molar-refractivity contribution in [2.75, 3.05) is 11.9 Å². The molecule has 96 valence electrons. The monoisotopic (exact) mass is 345 g/mol. The summed E-state index contributed by atoms with van der Waals surface area (Å²) in [6, 6.07) is 9.64. The molecule has 0 spiro atoms. The van der Waals surface area contributed by atoms with Crippen LogP contribution in [-0.4, -0.2) is 11.7 Å². The zero-order valence-electron chi connectivity index (χ0n) is 9.78. The highest BCUT2D eigenvalue weighted by molar-refractivity contribution is 9.10. The molecule has 0 saturated carbocycles. The molecule has 1 aromatic heterocycles. The molecule has 1 unspecified atom stereocenters. The van der Waals surface area contributed by atoms with Crippen LogP contribution in [0.15, 0.2) is 34.8 Å². The topological polar surface area (TPSA) is 32.3 Å². The van der Waals surface area contributed by atoms with E-state index in [0.29, 0.717) is 5.02 Å². The summed E-state index contributed by atoms with van der Waals surface area (Å²) >= 11 is 11.0. The van der Waals surface area contributed by atoms with Gasteiger partial charge in [-0.3, -0.25) is 0 Å². The molecule has 1 heterocycles. The van der Waals surface area contributed by atoms with Crippen molar-refractivity contribution in [2.24, 2.45) is 0 Å². The summed E-state index contributed by atoms with van der Waals surface area (Å²) in [7, 11) is 0. The van der Waals surface area contributed by atoms with Gasteiger partial charge in [-0.2, -0.15) is 0 Å². The summed E-state index contributed by atoms with van der Waals surface area (Å²) in [4.78, 5) is 2.36. The minimum Gasteiger partial charge on any atom is -0.394 e. The number of anilines is 1. The van der Waals surface area contributed by atoms with Crippen molar-refractivity contribution in [3.63, 3.8) is 0 Å². The van der Waals surface area contributed by atoms with Crippen LogP contribution in [-0.2, 0) is 0 Å². The molecule has 2 N–H and O–H groups in total. The van der Waals surface area contributed by atoms with E-state index >= 15 is 0 Å². The van der Waals surface area contributed by atoms with Crippen molar-refractivity contribution in [1.29, 1.82) is 0 Å². The molecular formula is C13H13BrClNOS. The first kappa shape index (κ1) is 13.9. The average Bonchev–Trinajstić information content (AvgIpc) is 2.77. The zero-order chi connectivity index (χ0) is 13.1. The number of aliphatic hydroxyl groups excluding tert-OH is 1. The molecular weight excluding hydrogens is 334 g/mol. The van der Waals surface area contributed by atoms with E-state index in [4.69, 9.17) is 11.6 Å². The summed E-state index contributed by atoms with van der Waals surface area (Å²) < 4.78 is 0.841. The molecule has 0 amide bonds. The van der Waals surface area contributed by atoms with Crippen LogP contribution in [0.5, 0.6) is 0 Å². The second kappa shape index (κ2) is 6.06. The van der Waals surface area contributed by atoms with Gasteiger partial charge in [-0.15, -0.1) is 11.3 Å². The van der Waals surface area contributed by atoms with Crippen LogP contribution in [0.2, 0.25) is 5.02 Å². The molecule has 2 aromatic rings. The van der Waals surface area contributed by atoms with Gasteiger partial charge in [-0.25, -0.2) is 0 Å². The third kappa shape index (κ3) is 3.26. The fourth-order valence-electron chi connectivity index (χ4n) is 1.63. The number of aryl methyl sites for hydroxylation is 1. The zero-order valence-corrected chi connectivity index (χ0v) is 12.9. The number of nitrogens with one attached hydrogen (secondary N) is 1. The third-order valence-electron chi connectivity index (χ3n) is 2.55.